The standard InChI is InChI=1S/C30H30N8O4/c1-30(2,36-16-22(39)17-36)12-19(13-31)28(40)35-14-21(15-35)38-27-25(26(32)33-18-34-27)37(29(38)41)20-8-10-24(11-9-20)42-23-6-4-3-5-7-23/h3-12,18,21-22,39H,14-17H2,1-2H3,(H2,32,33,34)/b19-12-. The summed E-state index contributed by atoms with van der Waals surface area (Å²) in [6.45, 7) is 5.25. The van der Waals surface area contributed by atoms with Gasteiger partial charge in [-0.2, -0.15) is 5.26 Å². The van der Waals surface area contributed by atoms with Crippen molar-refractivity contribution in [3.05, 3.63) is 83.1 Å². The average molecular weight is 567 g/mol. The number of likely N-dealkylation sites (tertiary alicyclic amines) is 2. The summed E-state index contributed by atoms with van der Waals surface area (Å²) in [6.07, 6.45) is 2.56. The fourth-order valence-electron chi connectivity index (χ4n) is 5.39. The molecule has 0 radical (unpaired) electrons. The number of amides is 1. The zero-order valence-corrected chi connectivity index (χ0v) is 23.2. The van der Waals surface area contributed by atoms with Gasteiger partial charge in [-0.15, -0.1) is 0 Å². The average Bonchev–Trinajstić information content (AvgIpc) is 3.23. The van der Waals surface area contributed by atoms with E-state index >= 15 is 0 Å². The molecule has 0 bridgehead atoms. The molecule has 2 fully saturated rings. The first kappa shape index (κ1) is 27.2. The van der Waals surface area contributed by atoms with E-state index in [4.69, 9.17) is 10.5 Å². The summed E-state index contributed by atoms with van der Waals surface area (Å²) in [6, 6.07) is 18.1. The number of para-hydroxylation sites is 1. The maximum Gasteiger partial charge on any atom is 0.335 e. The van der Waals surface area contributed by atoms with E-state index in [1.807, 2.05) is 55.1 Å². The van der Waals surface area contributed by atoms with Gasteiger partial charge in [0.2, 0.25) is 0 Å². The number of fused-ring (bicyclic) bond motifs is 1. The summed E-state index contributed by atoms with van der Waals surface area (Å²) >= 11 is 0. The molecule has 2 aromatic carbocycles. The molecule has 4 aromatic rings. The lowest BCUT2D eigenvalue weighted by molar-refractivity contribution is -0.132. The second-order valence-electron chi connectivity index (χ2n) is 11.1. The number of aromatic nitrogens is 4. The summed E-state index contributed by atoms with van der Waals surface area (Å²) in [5, 5.41) is 19.4. The molecular formula is C30H30N8O4. The number of nitrogens with zero attached hydrogens (tertiary/aromatic N) is 7. The van der Waals surface area contributed by atoms with Gasteiger partial charge in [0.25, 0.3) is 5.91 Å². The number of imidazole rings is 1. The Hall–Kier alpha value is -4.99. The molecule has 0 unspecified atom stereocenters. The van der Waals surface area contributed by atoms with Crippen LogP contribution >= 0.6 is 0 Å². The van der Waals surface area contributed by atoms with E-state index in [0.29, 0.717) is 41.4 Å². The third-order valence-corrected chi connectivity index (χ3v) is 7.79. The van der Waals surface area contributed by atoms with Crippen molar-refractivity contribution in [3.63, 3.8) is 0 Å². The van der Waals surface area contributed by atoms with Crippen molar-refractivity contribution in [3.8, 4) is 23.3 Å². The van der Waals surface area contributed by atoms with Crippen LogP contribution in [-0.2, 0) is 4.79 Å². The van der Waals surface area contributed by atoms with Crippen LogP contribution in [0.15, 0.2) is 77.4 Å². The first-order valence-electron chi connectivity index (χ1n) is 13.6. The quantitative estimate of drug-likeness (QED) is 0.253. The normalized spacial score (nSPS) is 16.6. The second-order valence-corrected chi connectivity index (χ2v) is 11.1. The predicted octanol–water partition coefficient (Wildman–Crippen LogP) is 2.25. The van der Waals surface area contributed by atoms with Crippen LogP contribution < -0.4 is 16.2 Å². The van der Waals surface area contributed by atoms with Gasteiger partial charge in [0.05, 0.1) is 17.8 Å². The van der Waals surface area contributed by atoms with Gasteiger partial charge < -0.3 is 20.5 Å². The van der Waals surface area contributed by atoms with Gasteiger partial charge in [-0.1, -0.05) is 18.2 Å². The van der Waals surface area contributed by atoms with E-state index in [9.17, 15) is 20.0 Å². The molecule has 0 atom stereocenters. The minimum absolute atomic E-state index is 0.0268. The van der Waals surface area contributed by atoms with Crippen LogP contribution in [0.1, 0.15) is 19.9 Å². The third-order valence-electron chi connectivity index (χ3n) is 7.79. The Balaban J connectivity index is 1.25. The van der Waals surface area contributed by atoms with Crippen LogP contribution in [0.3, 0.4) is 0 Å². The molecule has 42 heavy (non-hydrogen) atoms. The Morgan fingerprint density at radius 1 is 1.07 bits per heavy atom. The second kappa shape index (κ2) is 10.4. The minimum Gasteiger partial charge on any atom is -0.457 e. The van der Waals surface area contributed by atoms with E-state index in [2.05, 4.69) is 9.97 Å². The Labute approximate surface area is 241 Å². The lowest BCUT2D eigenvalue weighted by atomic mass is 9.93. The maximum absolute atomic E-state index is 13.8. The number of aliphatic hydroxyl groups excluding tert-OH is 1. The summed E-state index contributed by atoms with van der Waals surface area (Å²) in [7, 11) is 0. The fraction of sp³-hybridized carbons (Fsp3) is 0.300. The monoisotopic (exact) mass is 566 g/mol. The number of hydrogen-bond donors (Lipinski definition) is 2. The molecule has 1 amide bonds. The lowest BCUT2D eigenvalue weighted by Crippen LogP contribution is -2.59. The molecule has 12 heteroatoms. The number of hydrogen-bond acceptors (Lipinski definition) is 9. The van der Waals surface area contributed by atoms with Crippen molar-refractivity contribution in [2.24, 2.45) is 0 Å². The SMILES string of the molecule is CC(C)(/C=C(/C#N)C(=O)N1CC(n2c(=O)n(-c3ccc(Oc4ccccc4)cc3)c3c(N)ncnc32)C1)N1CC(O)C1. The molecule has 0 aliphatic carbocycles. The molecule has 2 saturated heterocycles. The minimum atomic E-state index is -0.565. The third kappa shape index (κ3) is 4.78. The molecule has 2 aromatic heterocycles. The van der Waals surface area contributed by atoms with Crippen molar-refractivity contribution >= 4 is 22.9 Å². The molecule has 4 heterocycles. The first-order chi connectivity index (χ1) is 20.2. The maximum atomic E-state index is 13.8. The van der Waals surface area contributed by atoms with E-state index in [1.165, 1.54) is 20.4 Å². The molecule has 2 aliphatic rings. The van der Waals surface area contributed by atoms with Crippen molar-refractivity contribution in [1.29, 1.82) is 5.26 Å². The van der Waals surface area contributed by atoms with Gasteiger partial charge in [0, 0.05) is 31.7 Å². The molecule has 2 aliphatic heterocycles. The van der Waals surface area contributed by atoms with E-state index in [1.54, 1.807) is 30.3 Å². The Kier molecular flexibility index (Phi) is 6.76. The van der Waals surface area contributed by atoms with E-state index in [-0.39, 0.29) is 36.2 Å². The van der Waals surface area contributed by atoms with Crippen LogP contribution in [0.5, 0.6) is 11.5 Å². The zero-order valence-electron chi connectivity index (χ0n) is 23.2. The number of anilines is 1. The van der Waals surface area contributed by atoms with Crippen molar-refractivity contribution in [2.45, 2.75) is 31.5 Å². The van der Waals surface area contributed by atoms with Gasteiger partial charge in [-0.05, 0) is 56.3 Å². The van der Waals surface area contributed by atoms with E-state index < -0.39 is 17.6 Å². The lowest BCUT2D eigenvalue weighted by Gasteiger charge is -2.46. The highest BCUT2D eigenvalue weighted by Gasteiger charge is 2.39. The first-order valence-corrected chi connectivity index (χ1v) is 13.6. The van der Waals surface area contributed by atoms with Gasteiger partial charge in [0.15, 0.2) is 11.5 Å². The van der Waals surface area contributed by atoms with Crippen molar-refractivity contribution < 1.29 is 14.6 Å². The van der Waals surface area contributed by atoms with Crippen LogP contribution in [0.25, 0.3) is 16.9 Å². The summed E-state index contributed by atoms with van der Waals surface area (Å²) < 4.78 is 8.88. The number of nitrogens with two attached hydrogens (primary N) is 1. The van der Waals surface area contributed by atoms with Crippen molar-refractivity contribution in [2.75, 3.05) is 31.9 Å². The number of ether oxygens (including phenoxy) is 1. The number of aliphatic hydroxyl groups is 1. The smallest absolute Gasteiger partial charge is 0.335 e. The Morgan fingerprint density at radius 3 is 2.38 bits per heavy atom. The number of rotatable bonds is 7. The highest BCUT2D eigenvalue weighted by Crippen LogP contribution is 2.30. The summed E-state index contributed by atoms with van der Waals surface area (Å²) in [4.78, 5) is 39.1. The zero-order chi connectivity index (χ0) is 29.6. The van der Waals surface area contributed by atoms with Crippen molar-refractivity contribution in [1.82, 2.24) is 28.9 Å². The molecular weight excluding hydrogens is 536 g/mol. The fourth-order valence-corrected chi connectivity index (χ4v) is 5.39. The molecule has 0 saturated carbocycles. The number of benzene rings is 2. The molecule has 6 rings (SSSR count). The largest absolute Gasteiger partial charge is 0.457 e. The van der Waals surface area contributed by atoms with Gasteiger partial charge >= 0.3 is 5.69 Å². The number of carbonyl (C=O) groups excluding carboxylic acids is 1. The highest BCUT2D eigenvalue weighted by molar-refractivity contribution is 5.98. The van der Waals surface area contributed by atoms with Gasteiger partial charge in [-0.25, -0.2) is 14.8 Å². The number of β-amino-alcohol motifs (C(OH)–C–C–N with tert-alkyl or cyclic N) is 1. The van der Waals surface area contributed by atoms with Gasteiger partial charge in [-0.3, -0.25) is 18.8 Å². The number of carbonyl (C=O) groups is 1. The summed E-state index contributed by atoms with van der Waals surface area (Å²) in [5.74, 6) is 1.05. The molecule has 3 N–H and O–H groups in total. The molecule has 214 valence electrons. The Morgan fingerprint density at radius 2 is 1.74 bits per heavy atom. The van der Waals surface area contributed by atoms with Gasteiger partial charge in [0.1, 0.15) is 35.0 Å². The van der Waals surface area contributed by atoms with Crippen LogP contribution in [0, 0.1) is 11.3 Å². The molecule has 0 spiro atoms. The summed E-state index contributed by atoms with van der Waals surface area (Å²) in [5.41, 5.74) is 6.63. The van der Waals surface area contributed by atoms with Crippen LogP contribution in [0.4, 0.5) is 5.82 Å². The Bertz CT molecular complexity index is 1770. The predicted molar refractivity (Wildman–Crippen MR) is 155 cm³/mol. The van der Waals surface area contributed by atoms with Crippen LogP contribution in [0.2, 0.25) is 0 Å². The topological polar surface area (TPSA) is 156 Å². The highest BCUT2D eigenvalue weighted by atomic mass is 16.5. The van der Waals surface area contributed by atoms with E-state index in [0.717, 1.165) is 0 Å². The van der Waals surface area contributed by atoms with Crippen LogP contribution in [-0.4, -0.2) is 77.7 Å². The number of nitriles is 1. The molecule has 12 nitrogen and oxygen atoms in total. The number of nitrogen functional groups attached to an aromatic ring is 1.